The molecule has 0 aliphatic carbocycles. The second-order valence-corrected chi connectivity index (χ2v) is 11.4. The fraction of sp³-hybridized carbons (Fsp3) is 0.324. The summed E-state index contributed by atoms with van der Waals surface area (Å²) in [6, 6.07) is 17.2. The van der Waals surface area contributed by atoms with Gasteiger partial charge in [0, 0.05) is 36.3 Å². The van der Waals surface area contributed by atoms with Gasteiger partial charge in [0.05, 0.1) is 11.3 Å². The molecule has 0 saturated carbocycles. The molecule has 3 N–H and O–H groups in total. The van der Waals surface area contributed by atoms with E-state index in [0.717, 1.165) is 36.2 Å². The Labute approximate surface area is 259 Å². The largest absolute Gasteiger partial charge is 0.508 e. The number of benzene rings is 3. The Morgan fingerprint density at radius 1 is 1.07 bits per heavy atom. The van der Waals surface area contributed by atoms with Gasteiger partial charge in [-0.05, 0) is 80.6 Å². The van der Waals surface area contributed by atoms with Crippen molar-refractivity contribution in [2.75, 3.05) is 6.54 Å². The van der Waals surface area contributed by atoms with E-state index in [0.29, 0.717) is 35.5 Å². The molecule has 3 aromatic carbocycles. The first kappa shape index (κ1) is 31.8. The summed E-state index contributed by atoms with van der Waals surface area (Å²) in [5, 5.41) is 16.3. The van der Waals surface area contributed by atoms with Crippen LogP contribution in [-0.2, 0) is 12.7 Å². The molecule has 3 atom stereocenters. The fourth-order valence-electron chi connectivity index (χ4n) is 5.65. The first-order valence-corrected chi connectivity index (χ1v) is 14.8. The molecule has 1 aliphatic rings. The normalized spacial score (nSPS) is 16.4. The first-order chi connectivity index (χ1) is 21.5. The summed E-state index contributed by atoms with van der Waals surface area (Å²) in [6.07, 6.45) is -0.956. The zero-order valence-corrected chi connectivity index (χ0v) is 25.0. The maximum atomic E-state index is 13.5. The van der Waals surface area contributed by atoms with Gasteiger partial charge >= 0.3 is 6.18 Å². The highest BCUT2D eigenvalue weighted by Crippen LogP contribution is 2.33. The number of rotatable bonds is 10. The van der Waals surface area contributed by atoms with Crippen LogP contribution in [0.25, 0.3) is 0 Å². The van der Waals surface area contributed by atoms with E-state index in [4.69, 9.17) is 4.42 Å². The van der Waals surface area contributed by atoms with Crippen molar-refractivity contribution in [2.45, 2.75) is 64.0 Å². The van der Waals surface area contributed by atoms with Crippen LogP contribution in [0.3, 0.4) is 0 Å². The van der Waals surface area contributed by atoms with Gasteiger partial charge in [0.25, 0.3) is 11.8 Å². The monoisotopic (exact) mass is 620 g/mol. The van der Waals surface area contributed by atoms with E-state index in [-0.39, 0.29) is 36.2 Å². The van der Waals surface area contributed by atoms with E-state index in [1.54, 1.807) is 59.7 Å². The molecule has 1 aliphatic heterocycles. The van der Waals surface area contributed by atoms with E-state index in [1.807, 2.05) is 13.8 Å². The van der Waals surface area contributed by atoms with E-state index in [1.165, 1.54) is 12.1 Å². The van der Waals surface area contributed by atoms with Gasteiger partial charge in [-0.15, -0.1) is 0 Å². The number of nitrogens with one attached hydrogen (secondary N) is 2. The molecule has 4 aromatic rings. The van der Waals surface area contributed by atoms with Gasteiger partial charge in [-0.1, -0.05) is 36.4 Å². The number of phenols is 1. The number of hydrogen-bond acceptors (Lipinski definition) is 6. The van der Waals surface area contributed by atoms with Crippen LogP contribution in [0.15, 0.2) is 83.5 Å². The predicted molar refractivity (Wildman–Crippen MR) is 161 cm³/mol. The van der Waals surface area contributed by atoms with Crippen molar-refractivity contribution in [3.63, 3.8) is 0 Å². The Balaban J connectivity index is 1.26. The lowest BCUT2D eigenvalue weighted by molar-refractivity contribution is -0.137. The summed E-state index contributed by atoms with van der Waals surface area (Å²) in [5.41, 5.74) is 1.88. The Kier molecular flexibility index (Phi) is 9.57. The van der Waals surface area contributed by atoms with Crippen molar-refractivity contribution < 1.29 is 32.3 Å². The zero-order chi connectivity index (χ0) is 32.1. The highest BCUT2D eigenvalue weighted by molar-refractivity contribution is 6.00. The molecular weight excluding hydrogens is 585 g/mol. The van der Waals surface area contributed by atoms with E-state index < -0.39 is 17.8 Å². The molecule has 1 unspecified atom stereocenters. The van der Waals surface area contributed by atoms with E-state index >= 15 is 0 Å². The van der Waals surface area contributed by atoms with Gasteiger partial charge in [-0.2, -0.15) is 13.2 Å². The van der Waals surface area contributed by atoms with Crippen LogP contribution < -0.4 is 10.6 Å². The molecule has 45 heavy (non-hydrogen) atoms. The summed E-state index contributed by atoms with van der Waals surface area (Å²) in [4.78, 5) is 32.9. The third-order valence-electron chi connectivity index (χ3n) is 7.85. The van der Waals surface area contributed by atoms with Gasteiger partial charge in [0.15, 0.2) is 0 Å². The molecule has 236 valence electrons. The maximum absolute atomic E-state index is 13.5. The second kappa shape index (κ2) is 13.6. The summed E-state index contributed by atoms with van der Waals surface area (Å²) in [5.74, 6) is -0.0245. The third kappa shape index (κ3) is 7.91. The predicted octanol–water partition coefficient (Wildman–Crippen LogP) is 6.72. The van der Waals surface area contributed by atoms with Crippen LogP contribution in [0.5, 0.6) is 5.75 Å². The molecule has 0 radical (unpaired) electrons. The minimum Gasteiger partial charge on any atom is -0.508 e. The fourth-order valence-corrected chi connectivity index (χ4v) is 5.65. The van der Waals surface area contributed by atoms with Crippen molar-refractivity contribution in [3.05, 3.63) is 118 Å². The lowest BCUT2D eigenvalue weighted by atomic mass is 9.98. The third-order valence-corrected chi connectivity index (χ3v) is 7.85. The highest BCUT2D eigenvalue weighted by atomic mass is 19.4. The molecule has 5 rings (SSSR count). The second-order valence-electron chi connectivity index (χ2n) is 11.4. The standard InChI is InChI=1S/C34H35F3N4O4/c1-21(15-29(24-8-5-12-28(42)18-24)38-19-23-7-3-11-27(16-23)34(35,36)37)39-31(43)25-9-4-10-26(17-25)33(44)41-14-6-13-30(41)32-40-22(2)20-45-32/h3-5,7-12,16-18,20-21,29-30,38,42H,6,13-15,19H2,1-2H3,(H,39,43)/t21-,29?,30+/m0/s1. The number of carbonyl (C=O) groups excluding carboxylic acids is 2. The Morgan fingerprint density at radius 2 is 1.82 bits per heavy atom. The number of likely N-dealkylation sites (tertiary alicyclic amines) is 1. The van der Waals surface area contributed by atoms with Crippen molar-refractivity contribution in [1.82, 2.24) is 20.5 Å². The maximum Gasteiger partial charge on any atom is 0.416 e. The molecule has 2 heterocycles. The average molecular weight is 621 g/mol. The minimum atomic E-state index is -4.45. The lowest BCUT2D eigenvalue weighted by Crippen LogP contribution is -2.36. The van der Waals surface area contributed by atoms with Crippen LogP contribution in [0, 0.1) is 6.92 Å². The number of nitrogens with zero attached hydrogens (tertiary/aromatic N) is 2. The molecule has 1 saturated heterocycles. The first-order valence-electron chi connectivity index (χ1n) is 14.8. The van der Waals surface area contributed by atoms with Crippen LogP contribution in [0.1, 0.15) is 87.3 Å². The molecule has 11 heteroatoms. The van der Waals surface area contributed by atoms with Gasteiger partial charge in [-0.3, -0.25) is 9.59 Å². The smallest absolute Gasteiger partial charge is 0.416 e. The number of aromatic hydroxyl groups is 1. The van der Waals surface area contributed by atoms with Crippen LogP contribution in [-0.4, -0.2) is 39.4 Å². The summed E-state index contributed by atoms with van der Waals surface area (Å²) < 4.78 is 45.3. The Morgan fingerprint density at radius 3 is 2.56 bits per heavy atom. The summed E-state index contributed by atoms with van der Waals surface area (Å²) >= 11 is 0. The van der Waals surface area contributed by atoms with Crippen LogP contribution >= 0.6 is 0 Å². The minimum absolute atomic E-state index is 0.0507. The van der Waals surface area contributed by atoms with Gasteiger partial charge < -0.3 is 25.1 Å². The van der Waals surface area contributed by atoms with Crippen molar-refractivity contribution in [2.24, 2.45) is 0 Å². The highest BCUT2D eigenvalue weighted by Gasteiger charge is 2.34. The number of phenolic OH excluding ortho intramolecular Hbond substituents is 1. The van der Waals surface area contributed by atoms with Gasteiger partial charge in [0.1, 0.15) is 18.1 Å². The van der Waals surface area contributed by atoms with Crippen molar-refractivity contribution >= 4 is 11.8 Å². The number of aromatic nitrogens is 1. The SMILES string of the molecule is Cc1coc([C@H]2CCCN2C(=O)c2cccc(C(=O)N[C@@H](C)CC(NCc3cccc(C(F)(F)F)c3)c3cccc(O)c3)c2)n1. The molecule has 1 fully saturated rings. The average Bonchev–Trinajstić information content (AvgIpc) is 3.68. The van der Waals surface area contributed by atoms with Crippen LogP contribution in [0.2, 0.25) is 0 Å². The molecule has 0 spiro atoms. The van der Waals surface area contributed by atoms with Crippen molar-refractivity contribution in [1.29, 1.82) is 0 Å². The number of aryl methyl sites for hydroxylation is 1. The summed E-state index contributed by atoms with van der Waals surface area (Å²) in [7, 11) is 0. The van der Waals surface area contributed by atoms with Gasteiger partial charge in [-0.25, -0.2) is 4.98 Å². The molecular formula is C34H35F3N4O4. The molecule has 2 amide bonds. The summed E-state index contributed by atoms with van der Waals surface area (Å²) in [6.45, 7) is 4.35. The van der Waals surface area contributed by atoms with E-state index in [9.17, 15) is 27.9 Å². The number of hydrogen-bond donors (Lipinski definition) is 3. The molecule has 1 aromatic heterocycles. The van der Waals surface area contributed by atoms with Crippen molar-refractivity contribution in [3.8, 4) is 5.75 Å². The number of alkyl halides is 3. The number of amides is 2. The Hall–Kier alpha value is -4.64. The topological polar surface area (TPSA) is 108 Å². The number of halogens is 3. The zero-order valence-electron chi connectivity index (χ0n) is 25.0. The Bertz CT molecular complexity index is 1650. The molecule has 0 bridgehead atoms. The lowest BCUT2D eigenvalue weighted by Gasteiger charge is -2.24. The molecule has 8 nitrogen and oxygen atoms in total. The van der Waals surface area contributed by atoms with E-state index in [2.05, 4.69) is 15.6 Å². The van der Waals surface area contributed by atoms with Gasteiger partial charge in [0.2, 0.25) is 5.89 Å². The van der Waals surface area contributed by atoms with Crippen LogP contribution in [0.4, 0.5) is 13.2 Å². The quantitative estimate of drug-likeness (QED) is 0.182. The number of carbonyl (C=O) groups is 2. The number of oxazole rings is 1.